The number of carbonyl (C=O) groups excluding carboxylic acids is 2. The van der Waals surface area contributed by atoms with Gasteiger partial charge in [-0.05, 0) is 55.2 Å². The summed E-state index contributed by atoms with van der Waals surface area (Å²) in [5.74, 6) is 0.320. The molecule has 1 N–H and O–H groups in total. The van der Waals surface area contributed by atoms with Crippen LogP contribution in [0.1, 0.15) is 50.2 Å². The van der Waals surface area contributed by atoms with Gasteiger partial charge in [0.2, 0.25) is 11.8 Å². The summed E-state index contributed by atoms with van der Waals surface area (Å²) >= 11 is 7.53. The predicted molar refractivity (Wildman–Crippen MR) is 129 cm³/mol. The largest absolute Gasteiger partial charge is 0.352 e. The van der Waals surface area contributed by atoms with Gasteiger partial charge >= 0.3 is 0 Å². The molecular weight excluding hydrogens is 447 g/mol. The van der Waals surface area contributed by atoms with E-state index in [4.69, 9.17) is 11.6 Å². The number of carbonyl (C=O) groups is 2. The summed E-state index contributed by atoms with van der Waals surface area (Å²) in [5, 5.41) is 3.79. The third-order valence-corrected chi connectivity index (χ3v) is 6.99. The smallest absolute Gasteiger partial charge is 0.242 e. The van der Waals surface area contributed by atoms with Gasteiger partial charge in [0.15, 0.2) is 0 Å². The lowest BCUT2D eigenvalue weighted by atomic mass is 9.95. The molecule has 0 radical (unpaired) electrons. The molecule has 0 unspecified atom stereocenters. The van der Waals surface area contributed by atoms with Crippen LogP contribution in [-0.4, -0.2) is 34.6 Å². The average molecular weight is 477 g/mol. The van der Waals surface area contributed by atoms with Crippen LogP contribution in [0, 0.1) is 5.82 Å². The second-order valence-electron chi connectivity index (χ2n) is 8.29. The molecule has 2 aromatic carbocycles. The maximum absolute atomic E-state index is 13.3. The second-order valence-corrected chi connectivity index (χ2v) is 9.71. The number of amides is 2. The van der Waals surface area contributed by atoms with Gasteiger partial charge in [-0.1, -0.05) is 55.1 Å². The van der Waals surface area contributed by atoms with Gasteiger partial charge in [0, 0.05) is 23.4 Å². The minimum Gasteiger partial charge on any atom is -0.352 e. The Bertz CT molecular complexity index is 903. The number of nitrogens with one attached hydrogen (secondary N) is 1. The molecule has 0 bridgehead atoms. The van der Waals surface area contributed by atoms with Crippen molar-refractivity contribution in [2.75, 3.05) is 5.75 Å². The van der Waals surface area contributed by atoms with Crippen LogP contribution in [0.2, 0.25) is 5.02 Å². The molecule has 0 aliphatic heterocycles. The first-order valence-electron chi connectivity index (χ1n) is 11.1. The molecule has 2 amide bonds. The molecule has 0 saturated heterocycles. The lowest BCUT2D eigenvalue weighted by molar-refractivity contribution is -0.139. The van der Waals surface area contributed by atoms with Gasteiger partial charge in [-0.3, -0.25) is 9.59 Å². The molecule has 32 heavy (non-hydrogen) atoms. The molecule has 1 fully saturated rings. The van der Waals surface area contributed by atoms with E-state index in [1.165, 1.54) is 30.3 Å². The summed E-state index contributed by atoms with van der Waals surface area (Å²) in [5.41, 5.74) is 1.83. The lowest BCUT2D eigenvalue weighted by Gasteiger charge is -2.31. The van der Waals surface area contributed by atoms with Crippen molar-refractivity contribution in [1.29, 1.82) is 0 Å². The zero-order valence-electron chi connectivity index (χ0n) is 18.4. The Balaban J connectivity index is 1.64. The van der Waals surface area contributed by atoms with E-state index in [0.29, 0.717) is 10.8 Å². The van der Waals surface area contributed by atoms with Gasteiger partial charge in [-0.15, -0.1) is 11.8 Å². The molecule has 3 rings (SSSR count). The number of hydrogen-bond donors (Lipinski definition) is 1. The number of nitrogens with zero attached hydrogens (tertiary/aromatic N) is 1. The Hall–Kier alpha value is -2.05. The third kappa shape index (κ3) is 7.52. The second kappa shape index (κ2) is 12.3. The van der Waals surface area contributed by atoms with E-state index < -0.39 is 6.04 Å². The Morgan fingerprint density at radius 2 is 1.84 bits per heavy atom. The van der Waals surface area contributed by atoms with Gasteiger partial charge in [-0.2, -0.15) is 0 Å². The minimum atomic E-state index is -0.610. The van der Waals surface area contributed by atoms with Crippen LogP contribution in [0.25, 0.3) is 0 Å². The molecule has 2 aromatic rings. The zero-order chi connectivity index (χ0) is 22.9. The van der Waals surface area contributed by atoms with E-state index in [9.17, 15) is 14.0 Å². The highest BCUT2D eigenvalue weighted by Gasteiger charge is 2.28. The van der Waals surface area contributed by atoms with Gasteiger partial charge < -0.3 is 10.2 Å². The fourth-order valence-corrected chi connectivity index (χ4v) is 4.97. The lowest BCUT2D eigenvalue weighted by Crippen LogP contribution is -2.50. The number of thioether (sulfide) groups is 1. The van der Waals surface area contributed by atoms with Crippen molar-refractivity contribution in [3.05, 3.63) is 70.5 Å². The normalized spacial score (nSPS) is 15.2. The molecule has 0 spiro atoms. The Kier molecular flexibility index (Phi) is 9.42. The molecular formula is C25H30ClFN2O2S. The number of rotatable bonds is 9. The monoisotopic (exact) mass is 476 g/mol. The average Bonchev–Trinajstić information content (AvgIpc) is 2.79. The fourth-order valence-electron chi connectivity index (χ4n) is 3.90. The number of benzene rings is 2. The van der Waals surface area contributed by atoms with Crippen molar-refractivity contribution >= 4 is 35.2 Å². The van der Waals surface area contributed by atoms with E-state index in [-0.39, 0.29) is 36.0 Å². The number of halogens is 2. The first-order chi connectivity index (χ1) is 15.4. The summed E-state index contributed by atoms with van der Waals surface area (Å²) < 4.78 is 13.3. The van der Waals surface area contributed by atoms with E-state index in [1.54, 1.807) is 24.0 Å². The van der Waals surface area contributed by atoms with Crippen molar-refractivity contribution in [2.24, 2.45) is 0 Å². The minimum absolute atomic E-state index is 0.118. The third-order valence-electron chi connectivity index (χ3n) is 5.77. The molecule has 1 atom stereocenters. The predicted octanol–water partition coefficient (Wildman–Crippen LogP) is 5.58. The Labute approximate surface area is 198 Å². The van der Waals surface area contributed by atoms with Crippen molar-refractivity contribution in [3.8, 4) is 0 Å². The van der Waals surface area contributed by atoms with E-state index >= 15 is 0 Å². The van der Waals surface area contributed by atoms with Crippen LogP contribution in [0.4, 0.5) is 4.39 Å². The summed E-state index contributed by atoms with van der Waals surface area (Å²) in [6, 6.07) is 13.2. The maximum atomic E-state index is 13.3. The summed E-state index contributed by atoms with van der Waals surface area (Å²) in [4.78, 5) is 27.7. The van der Waals surface area contributed by atoms with Crippen molar-refractivity contribution in [1.82, 2.24) is 10.2 Å². The fraction of sp³-hybridized carbons (Fsp3) is 0.440. The molecule has 7 heteroatoms. The van der Waals surface area contributed by atoms with Crippen molar-refractivity contribution < 1.29 is 14.0 Å². The molecule has 4 nitrogen and oxygen atoms in total. The Morgan fingerprint density at radius 1 is 1.12 bits per heavy atom. The van der Waals surface area contributed by atoms with Crippen LogP contribution in [-0.2, 0) is 21.9 Å². The van der Waals surface area contributed by atoms with Crippen molar-refractivity contribution in [2.45, 2.75) is 63.4 Å². The SMILES string of the molecule is C[C@@H](C(=O)NC1CCCCC1)N(Cc1ccc(F)cc1)C(=O)CSCc1cccc(Cl)c1. The maximum Gasteiger partial charge on any atom is 0.242 e. The van der Waals surface area contributed by atoms with Gasteiger partial charge in [0.1, 0.15) is 11.9 Å². The van der Waals surface area contributed by atoms with Crippen LogP contribution >= 0.6 is 23.4 Å². The van der Waals surface area contributed by atoms with Crippen LogP contribution in [0.15, 0.2) is 48.5 Å². The summed E-state index contributed by atoms with van der Waals surface area (Å²) in [7, 11) is 0. The summed E-state index contributed by atoms with van der Waals surface area (Å²) in [6.45, 7) is 2.03. The standard InChI is InChI=1S/C25H30ClFN2O2S/c1-18(25(31)28-23-8-3-2-4-9-23)29(15-19-10-12-22(27)13-11-19)24(30)17-32-16-20-6-5-7-21(26)14-20/h5-7,10-14,18,23H,2-4,8-9,15-17H2,1H3,(H,28,31)/t18-/m0/s1. The van der Waals surface area contributed by atoms with Gasteiger partial charge in [-0.25, -0.2) is 4.39 Å². The quantitative estimate of drug-likeness (QED) is 0.514. The van der Waals surface area contributed by atoms with Crippen LogP contribution in [0.3, 0.4) is 0 Å². The highest BCUT2D eigenvalue weighted by molar-refractivity contribution is 7.99. The van der Waals surface area contributed by atoms with E-state index in [0.717, 1.165) is 36.8 Å². The molecule has 1 aliphatic rings. The van der Waals surface area contributed by atoms with Gasteiger partial charge in [0.25, 0.3) is 0 Å². The van der Waals surface area contributed by atoms with Crippen LogP contribution in [0.5, 0.6) is 0 Å². The topological polar surface area (TPSA) is 49.4 Å². The first kappa shape index (κ1) is 24.6. The molecule has 0 heterocycles. The highest BCUT2D eigenvalue weighted by Crippen LogP contribution is 2.20. The van der Waals surface area contributed by atoms with E-state index in [1.807, 2.05) is 24.3 Å². The van der Waals surface area contributed by atoms with Crippen molar-refractivity contribution in [3.63, 3.8) is 0 Å². The molecule has 1 aliphatic carbocycles. The summed E-state index contributed by atoms with van der Waals surface area (Å²) in [6.07, 6.45) is 5.43. The zero-order valence-corrected chi connectivity index (χ0v) is 19.9. The highest BCUT2D eigenvalue weighted by atomic mass is 35.5. The van der Waals surface area contributed by atoms with Gasteiger partial charge in [0.05, 0.1) is 5.75 Å². The Morgan fingerprint density at radius 3 is 2.53 bits per heavy atom. The number of hydrogen-bond acceptors (Lipinski definition) is 3. The molecule has 0 aromatic heterocycles. The molecule has 1 saturated carbocycles. The molecule has 172 valence electrons. The first-order valence-corrected chi connectivity index (χ1v) is 12.6. The van der Waals surface area contributed by atoms with E-state index in [2.05, 4.69) is 5.32 Å². The van der Waals surface area contributed by atoms with Crippen LogP contribution < -0.4 is 5.32 Å².